The van der Waals surface area contributed by atoms with Crippen LogP contribution in [0.25, 0.3) is 0 Å². The third-order valence-electron chi connectivity index (χ3n) is 3.39. The lowest BCUT2D eigenvalue weighted by atomic mass is 9.98. The second kappa shape index (κ2) is 5.49. The zero-order chi connectivity index (χ0) is 14.9. The van der Waals surface area contributed by atoms with Gasteiger partial charge in [0.2, 0.25) is 0 Å². The number of amides is 1. The van der Waals surface area contributed by atoms with Gasteiger partial charge in [0.15, 0.2) is 0 Å². The van der Waals surface area contributed by atoms with Crippen molar-refractivity contribution >= 4 is 27.5 Å². The Hall–Kier alpha value is -1.47. The highest BCUT2D eigenvalue weighted by atomic mass is 79.9. The van der Waals surface area contributed by atoms with Crippen LogP contribution in [0.5, 0.6) is 0 Å². The number of nitrogens with one attached hydrogen (secondary N) is 1. The van der Waals surface area contributed by atoms with E-state index in [-0.39, 0.29) is 17.1 Å². The molecule has 20 heavy (non-hydrogen) atoms. The number of piperazine rings is 1. The van der Waals surface area contributed by atoms with E-state index in [1.807, 2.05) is 13.8 Å². The number of rotatable bonds is 2. The molecular formula is C13H16BrN3O3. The van der Waals surface area contributed by atoms with Crippen LogP contribution >= 0.6 is 15.9 Å². The van der Waals surface area contributed by atoms with Gasteiger partial charge in [-0.1, -0.05) is 15.9 Å². The number of carbonyl (C=O) groups excluding carboxylic acids is 1. The fraction of sp³-hybridized carbons (Fsp3) is 0.462. The second-order valence-electron chi connectivity index (χ2n) is 5.40. The molecule has 0 radical (unpaired) electrons. The molecule has 1 fully saturated rings. The van der Waals surface area contributed by atoms with Gasteiger partial charge in [0.25, 0.3) is 11.6 Å². The number of halogens is 1. The van der Waals surface area contributed by atoms with Gasteiger partial charge in [0.05, 0.1) is 10.5 Å². The van der Waals surface area contributed by atoms with E-state index in [0.29, 0.717) is 23.1 Å². The Bertz CT molecular complexity index is 560. The standard InChI is InChI=1S/C13H16BrN3O3/c1-13(2)8-15-3-4-16(13)12(18)9-5-10(14)7-11(6-9)17(19)20/h5-7,15H,3-4,8H2,1-2H3. The molecule has 1 amide bonds. The van der Waals surface area contributed by atoms with Crippen molar-refractivity contribution in [3.8, 4) is 0 Å². The van der Waals surface area contributed by atoms with Gasteiger partial charge in [0.1, 0.15) is 0 Å². The van der Waals surface area contributed by atoms with Crippen LogP contribution in [-0.2, 0) is 0 Å². The van der Waals surface area contributed by atoms with E-state index in [4.69, 9.17) is 0 Å². The number of benzene rings is 1. The minimum Gasteiger partial charge on any atom is -0.331 e. The lowest BCUT2D eigenvalue weighted by molar-refractivity contribution is -0.385. The third-order valence-corrected chi connectivity index (χ3v) is 3.84. The summed E-state index contributed by atoms with van der Waals surface area (Å²) in [5.41, 5.74) is -0.0661. The molecule has 0 unspecified atom stereocenters. The van der Waals surface area contributed by atoms with Crippen LogP contribution in [0.15, 0.2) is 22.7 Å². The molecule has 7 heteroatoms. The molecule has 1 N–H and O–H groups in total. The fourth-order valence-electron chi connectivity index (χ4n) is 2.32. The van der Waals surface area contributed by atoms with Crippen molar-refractivity contribution in [2.75, 3.05) is 19.6 Å². The van der Waals surface area contributed by atoms with E-state index < -0.39 is 4.92 Å². The highest BCUT2D eigenvalue weighted by Crippen LogP contribution is 2.25. The number of nitro benzene ring substituents is 1. The zero-order valence-corrected chi connectivity index (χ0v) is 12.9. The van der Waals surface area contributed by atoms with E-state index in [1.165, 1.54) is 12.1 Å². The first-order chi connectivity index (χ1) is 9.31. The molecule has 0 bridgehead atoms. The number of nitrogens with zero attached hydrogens (tertiary/aromatic N) is 2. The SMILES string of the molecule is CC1(C)CNCCN1C(=O)c1cc(Br)cc([N+](=O)[O-])c1. The van der Waals surface area contributed by atoms with Crippen molar-refractivity contribution < 1.29 is 9.72 Å². The monoisotopic (exact) mass is 341 g/mol. The van der Waals surface area contributed by atoms with Crippen molar-refractivity contribution in [2.45, 2.75) is 19.4 Å². The van der Waals surface area contributed by atoms with Crippen molar-refractivity contribution in [1.82, 2.24) is 10.2 Å². The van der Waals surface area contributed by atoms with Crippen LogP contribution in [0.2, 0.25) is 0 Å². The van der Waals surface area contributed by atoms with Crippen molar-refractivity contribution in [3.63, 3.8) is 0 Å². The number of carbonyl (C=O) groups is 1. The summed E-state index contributed by atoms with van der Waals surface area (Å²) in [6.07, 6.45) is 0. The van der Waals surface area contributed by atoms with Gasteiger partial charge >= 0.3 is 0 Å². The van der Waals surface area contributed by atoms with Crippen molar-refractivity contribution in [1.29, 1.82) is 0 Å². The van der Waals surface area contributed by atoms with E-state index in [1.54, 1.807) is 11.0 Å². The molecule has 0 atom stereocenters. The molecule has 6 nitrogen and oxygen atoms in total. The number of hydrogen-bond donors (Lipinski definition) is 1. The first-order valence-corrected chi connectivity index (χ1v) is 7.08. The smallest absolute Gasteiger partial charge is 0.271 e. The maximum atomic E-state index is 12.6. The van der Waals surface area contributed by atoms with Crippen molar-refractivity contribution in [3.05, 3.63) is 38.3 Å². The Kier molecular flexibility index (Phi) is 4.10. The molecule has 0 spiro atoms. The average Bonchev–Trinajstić information content (AvgIpc) is 2.36. The molecule has 0 saturated carbocycles. The van der Waals surface area contributed by atoms with Gasteiger partial charge in [-0.2, -0.15) is 0 Å². The second-order valence-corrected chi connectivity index (χ2v) is 6.32. The lowest BCUT2D eigenvalue weighted by Crippen LogP contribution is -2.59. The quantitative estimate of drug-likeness (QED) is 0.660. The Balaban J connectivity index is 2.35. The summed E-state index contributed by atoms with van der Waals surface area (Å²) in [4.78, 5) is 24.7. The van der Waals surface area contributed by atoms with E-state index in [2.05, 4.69) is 21.2 Å². The van der Waals surface area contributed by atoms with Gasteiger partial charge < -0.3 is 10.2 Å². The van der Waals surface area contributed by atoms with Crippen LogP contribution in [0.1, 0.15) is 24.2 Å². The van der Waals surface area contributed by atoms with Gasteiger partial charge in [-0.25, -0.2) is 0 Å². The molecule has 2 rings (SSSR count). The highest BCUT2D eigenvalue weighted by molar-refractivity contribution is 9.10. The number of hydrogen-bond acceptors (Lipinski definition) is 4. The summed E-state index contributed by atoms with van der Waals surface area (Å²) >= 11 is 3.21. The van der Waals surface area contributed by atoms with Crippen LogP contribution in [0.4, 0.5) is 5.69 Å². The summed E-state index contributed by atoms with van der Waals surface area (Å²) in [5.74, 6) is -0.180. The number of non-ortho nitro benzene ring substituents is 1. The zero-order valence-electron chi connectivity index (χ0n) is 11.4. The molecule has 0 aromatic heterocycles. The molecular weight excluding hydrogens is 326 g/mol. The van der Waals surface area contributed by atoms with Gasteiger partial charge in [-0.05, 0) is 19.9 Å². The molecule has 1 heterocycles. The Morgan fingerprint density at radius 1 is 1.45 bits per heavy atom. The first kappa shape index (κ1) is 14.9. The molecule has 108 valence electrons. The van der Waals surface area contributed by atoms with Gasteiger partial charge in [0, 0.05) is 41.8 Å². The predicted molar refractivity (Wildman–Crippen MR) is 78.8 cm³/mol. The first-order valence-electron chi connectivity index (χ1n) is 6.29. The Labute approximate surface area is 125 Å². The molecule has 1 aliphatic rings. The maximum absolute atomic E-state index is 12.6. The van der Waals surface area contributed by atoms with E-state index >= 15 is 0 Å². The van der Waals surface area contributed by atoms with Crippen LogP contribution in [-0.4, -0.2) is 40.9 Å². The number of nitro groups is 1. The maximum Gasteiger partial charge on any atom is 0.271 e. The van der Waals surface area contributed by atoms with E-state index in [0.717, 1.165) is 6.54 Å². The van der Waals surface area contributed by atoms with Crippen LogP contribution in [0.3, 0.4) is 0 Å². The highest BCUT2D eigenvalue weighted by Gasteiger charge is 2.34. The van der Waals surface area contributed by atoms with Crippen molar-refractivity contribution in [2.24, 2.45) is 0 Å². The normalized spacial score (nSPS) is 17.9. The van der Waals surface area contributed by atoms with E-state index in [9.17, 15) is 14.9 Å². The topological polar surface area (TPSA) is 75.5 Å². The van der Waals surface area contributed by atoms with Gasteiger partial charge in [-0.3, -0.25) is 14.9 Å². The summed E-state index contributed by atoms with van der Waals surface area (Å²) in [6.45, 7) is 5.97. The molecule has 1 aromatic carbocycles. The fourth-order valence-corrected chi connectivity index (χ4v) is 2.80. The van der Waals surface area contributed by atoms with Gasteiger partial charge in [-0.15, -0.1) is 0 Å². The molecule has 1 aliphatic heterocycles. The molecule has 1 saturated heterocycles. The summed E-state index contributed by atoms with van der Waals surface area (Å²) in [5, 5.41) is 14.1. The molecule has 0 aliphatic carbocycles. The summed E-state index contributed by atoms with van der Waals surface area (Å²) in [6, 6.07) is 4.33. The lowest BCUT2D eigenvalue weighted by Gasteiger charge is -2.42. The minimum absolute atomic E-state index is 0.0873. The van der Waals surface area contributed by atoms with Crippen LogP contribution < -0.4 is 5.32 Å². The summed E-state index contributed by atoms with van der Waals surface area (Å²) < 4.78 is 0.531. The Morgan fingerprint density at radius 3 is 2.75 bits per heavy atom. The average molecular weight is 342 g/mol. The largest absolute Gasteiger partial charge is 0.331 e. The predicted octanol–water partition coefficient (Wildman–Crippen LogP) is 2.18. The minimum atomic E-state index is -0.496. The third kappa shape index (κ3) is 2.99. The Morgan fingerprint density at radius 2 is 2.15 bits per heavy atom. The molecule has 1 aromatic rings. The summed E-state index contributed by atoms with van der Waals surface area (Å²) in [7, 11) is 0. The van der Waals surface area contributed by atoms with Crippen LogP contribution in [0, 0.1) is 10.1 Å².